The van der Waals surface area contributed by atoms with Gasteiger partial charge in [0.05, 0.1) is 6.54 Å². The fraction of sp³-hybridized carbons (Fsp3) is 0.652. The number of aryl methyl sites for hydroxylation is 1. The summed E-state index contributed by atoms with van der Waals surface area (Å²) in [5, 5.41) is 9.48. The summed E-state index contributed by atoms with van der Waals surface area (Å²) in [4.78, 5) is 35.8. The smallest absolute Gasteiger partial charge is 0.227 e. The third-order valence-electron chi connectivity index (χ3n) is 5.90. The van der Waals surface area contributed by atoms with Crippen LogP contribution in [0.2, 0.25) is 0 Å². The maximum absolute atomic E-state index is 12.8. The van der Waals surface area contributed by atoms with Crippen molar-refractivity contribution in [3.05, 3.63) is 23.9 Å². The van der Waals surface area contributed by atoms with E-state index >= 15 is 0 Å². The fourth-order valence-corrected chi connectivity index (χ4v) is 4.29. The van der Waals surface area contributed by atoms with Gasteiger partial charge in [-0.15, -0.1) is 0 Å². The minimum Gasteiger partial charge on any atom is -0.357 e. The Kier molecular flexibility index (Phi) is 8.67. The molecule has 0 radical (unpaired) electrons. The van der Waals surface area contributed by atoms with Crippen LogP contribution in [-0.2, 0) is 9.59 Å². The van der Waals surface area contributed by atoms with Crippen molar-refractivity contribution in [3.8, 4) is 0 Å². The largest absolute Gasteiger partial charge is 0.357 e. The molecule has 2 amide bonds. The molecule has 1 atom stereocenters. The van der Waals surface area contributed by atoms with E-state index in [4.69, 9.17) is 0 Å². The second kappa shape index (κ2) is 11.7. The Morgan fingerprint density at radius 1 is 1.19 bits per heavy atom. The van der Waals surface area contributed by atoms with Crippen LogP contribution < -0.4 is 16.0 Å². The molecule has 170 valence electrons. The molecule has 8 nitrogen and oxygen atoms in total. The van der Waals surface area contributed by atoms with Crippen molar-refractivity contribution in [3.63, 3.8) is 0 Å². The van der Waals surface area contributed by atoms with Gasteiger partial charge in [-0.3, -0.25) is 14.6 Å². The van der Waals surface area contributed by atoms with E-state index in [0.717, 1.165) is 44.6 Å². The highest BCUT2D eigenvalue weighted by Crippen LogP contribution is 2.26. The Morgan fingerprint density at radius 3 is 2.74 bits per heavy atom. The number of anilines is 1. The van der Waals surface area contributed by atoms with E-state index in [1.165, 1.54) is 19.3 Å². The number of aliphatic imine (C=N–C) groups is 1. The van der Waals surface area contributed by atoms with E-state index in [1.54, 1.807) is 6.07 Å². The van der Waals surface area contributed by atoms with Crippen LogP contribution in [0.25, 0.3) is 0 Å². The van der Waals surface area contributed by atoms with Crippen molar-refractivity contribution in [1.82, 2.24) is 20.5 Å². The lowest BCUT2D eigenvalue weighted by Gasteiger charge is -2.26. The van der Waals surface area contributed by atoms with Crippen molar-refractivity contribution in [2.75, 3.05) is 31.5 Å². The van der Waals surface area contributed by atoms with Crippen molar-refractivity contribution in [1.29, 1.82) is 0 Å². The average molecular weight is 429 g/mol. The van der Waals surface area contributed by atoms with Gasteiger partial charge in [0.1, 0.15) is 5.82 Å². The molecule has 2 aliphatic rings. The molecule has 1 aliphatic heterocycles. The van der Waals surface area contributed by atoms with Crippen LogP contribution in [0.15, 0.2) is 23.2 Å². The van der Waals surface area contributed by atoms with Gasteiger partial charge in [0, 0.05) is 43.7 Å². The van der Waals surface area contributed by atoms with E-state index < -0.39 is 0 Å². The van der Waals surface area contributed by atoms with Gasteiger partial charge in [0.15, 0.2) is 5.96 Å². The van der Waals surface area contributed by atoms with Crippen LogP contribution in [0.5, 0.6) is 0 Å². The minimum absolute atomic E-state index is 0.109. The molecule has 3 N–H and O–H groups in total. The van der Waals surface area contributed by atoms with Crippen molar-refractivity contribution >= 4 is 23.6 Å². The summed E-state index contributed by atoms with van der Waals surface area (Å²) in [6.45, 7) is 6.55. The highest BCUT2D eigenvalue weighted by molar-refractivity contribution is 5.90. The summed E-state index contributed by atoms with van der Waals surface area (Å²) in [6, 6.07) is 5.73. The van der Waals surface area contributed by atoms with Gasteiger partial charge in [-0.05, 0) is 45.2 Å². The Bertz CT molecular complexity index is 775. The van der Waals surface area contributed by atoms with Gasteiger partial charge in [-0.1, -0.05) is 25.3 Å². The lowest BCUT2D eigenvalue weighted by atomic mass is 9.88. The van der Waals surface area contributed by atoms with Crippen molar-refractivity contribution in [2.24, 2.45) is 10.9 Å². The highest BCUT2D eigenvalue weighted by Gasteiger charge is 2.31. The van der Waals surface area contributed by atoms with Gasteiger partial charge >= 0.3 is 0 Å². The number of amides is 2. The number of carbonyl (C=O) groups is 2. The van der Waals surface area contributed by atoms with Gasteiger partial charge in [0.25, 0.3) is 0 Å². The summed E-state index contributed by atoms with van der Waals surface area (Å²) >= 11 is 0. The van der Waals surface area contributed by atoms with Crippen molar-refractivity contribution in [2.45, 2.75) is 64.8 Å². The van der Waals surface area contributed by atoms with Crippen LogP contribution >= 0.6 is 0 Å². The molecule has 2 heterocycles. The fourth-order valence-electron chi connectivity index (χ4n) is 4.29. The first kappa shape index (κ1) is 23.0. The maximum Gasteiger partial charge on any atom is 0.227 e. The zero-order valence-electron chi connectivity index (χ0n) is 18.8. The number of aromatic nitrogens is 1. The van der Waals surface area contributed by atoms with Gasteiger partial charge in [0.2, 0.25) is 11.8 Å². The number of nitrogens with one attached hydrogen (secondary N) is 3. The number of guanidine groups is 1. The number of carbonyl (C=O) groups excluding carboxylic acids is 2. The lowest BCUT2D eigenvalue weighted by Crippen LogP contribution is -2.45. The third kappa shape index (κ3) is 7.22. The molecule has 0 spiro atoms. The van der Waals surface area contributed by atoms with Gasteiger partial charge < -0.3 is 20.9 Å². The van der Waals surface area contributed by atoms with E-state index in [-0.39, 0.29) is 24.3 Å². The molecule has 1 aliphatic carbocycles. The molecular formula is C23H36N6O2. The standard InChI is InChI=1S/C23H36N6O2/c1-3-24-23(25-14-12-21(30)28-20-11-7-8-17(2)26-20)27-19-13-15-29(16-19)22(31)18-9-5-4-6-10-18/h7-8,11,18-19H,3-6,9-10,12-16H2,1-2H3,(H2,24,25,27)(H,26,28,30). The number of likely N-dealkylation sites (tertiary alicyclic amines) is 1. The number of rotatable bonds is 7. The quantitative estimate of drug-likeness (QED) is 0.458. The second-order valence-electron chi connectivity index (χ2n) is 8.47. The minimum atomic E-state index is -0.109. The Morgan fingerprint density at radius 2 is 2.00 bits per heavy atom. The number of nitrogens with zero attached hydrogens (tertiary/aromatic N) is 3. The predicted octanol–water partition coefficient (Wildman–Crippen LogP) is 2.45. The topological polar surface area (TPSA) is 98.7 Å². The number of hydrogen-bond donors (Lipinski definition) is 3. The molecule has 1 saturated carbocycles. The van der Waals surface area contributed by atoms with E-state index in [2.05, 4.69) is 25.9 Å². The maximum atomic E-state index is 12.8. The van der Waals surface area contributed by atoms with Crippen LogP contribution in [-0.4, -0.2) is 59.9 Å². The third-order valence-corrected chi connectivity index (χ3v) is 5.90. The summed E-state index contributed by atoms with van der Waals surface area (Å²) in [5.41, 5.74) is 0.863. The second-order valence-corrected chi connectivity index (χ2v) is 8.47. The van der Waals surface area contributed by atoms with Crippen molar-refractivity contribution < 1.29 is 9.59 Å². The lowest BCUT2D eigenvalue weighted by molar-refractivity contribution is -0.135. The molecule has 3 rings (SSSR count). The summed E-state index contributed by atoms with van der Waals surface area (Å²) in [7, 11) is 0. The normalized spacial score (nSPS) is 19.9. The first-order chi connectivity index (χ1) is 15.0. The molecule has 1 aromatic rings. The zero-order valence-corrected chi connectivity index (χ0v) is 18.8. The molecule has 1 aromatic heterocycles. The number of hydrogen-bond acceptors (Lipinski definition) is 4. The first-order valence-corrected chi connectivity index (χ1v) is 11.6. The Balaban J connectivity index is 1.45. The summed E-state index contributed by atoms with van der Waals surface area (Å²) < 4.78 is 0. The molecule has 8 heteroatoms. The van der Waals surface area contributed by atoms with Crippen LogP contribution in [0.3, 0.4) is 0 Å². The summed E-state index contributed by atoms with van der Waals surface area (Å²) in [6.07, 6.45) is 6.89. The van der Waals surface area contributed by atoms with E-state index in [1.807, 2.05) is 30.9 Å². The zero-order chi connectivity index (χ0) is 22.1. The predicted molar refractivity (Wildman–Crippen MR) is 123 cm³/mol. The first-order valence-electron chi connectivity index (χ1n) is 11.6. The van der Waals surface area contributed by atoms with E-state index in [0.29, 0.717) is 24.2 Å². The molecule has 1 saturated heterocycles. The van der Waals surface area contributed by atoms with Crippen LogP contribution in [0.4, 0.5) is 5.82 Å². The molecule has 1 unspecified atom stereocenters. The number of pyridine rings is 1. The molecule has 2 fully saturated rings. The van der Waals surface area contributed by atoms with Crippen LogP contribution in [0, 0.1) is 12.8 Å². The monoisotopic (exact) mass is 428 g/mol. The van der Waals surface area contributed by atoms with E-state index in [9.17, 15) is 9.59 Å². The average Bonchev–Trinajstić information content (AvgIpc) is 3.22. The molecular weight excluding hydrogens is 392 g/mol. The molecule has 0 aromatic carbocycles. The van der Waals surface area contributed by atoms with Gasteiger partial charge in [-0.2, -0.15) is 0 Å². The summed E-state index contributed by atoms with van der Waals surface area (Å²) in [5.74, 6) is 1.69. The van der Waals surface area contributed by atoms with Crippen LogP contribution in [0.1, 0.15) is 57.6 Å². The molecule has 0 bridgehead atoms. The Hall–Kier alpha value is -2.64. The molecule has 31 heavy (non-hydrogen) atoms. The SMILES string of the molecule is CCNC(=NCCC(=O)Nc1cccc(C)n1)NC1CCN(C(=O)C2CCCCC2)C1. The van der Waals surface area contributed by atoms with Gasteiger partial charge in [-0.25, -0.2) is 4.98 Å². The Labute approximate surface area is 185 Å². The highest BCUT2D eigenvalue weighted by atomic mass is 16.2.